The number of benzene rings is 2. The van der Waals surface area contributed by atoms with Crippen molar-refractivity contribution in [2.45, 2.75) is 6.42 Å². The highest BCUT2D eigenvalue weighted by molar-refractivity contribution is 6.31. The second-order valence-electron chi connectivity index (χ2n) is 4.95. The summed E-state index contributed by atoms with van der Waals surface area (Å²) in [6.45, 7) is 0. The van der Waals surface area contributed by atoms with Crippen LogP contribution in [-0.2, 0) is 6.42 Å². The predicted octanol–water partition coefficient (Wildman–Crippen LogP) is 4.12. The molecule has 0 aliphatic carbocycles. The molecule has 23 heavy (non-hydrogen) atoms. The van der Waals surface area contributed by atoms with Gasteiger partial charge in [-0.1, -0.05) is 17.7 Å². The Morgan fingerprint density at radius 3 is 2.30 bits per heavy atom. The smallest absolute Gasteiger partial charge is 0.141 e. The van der Waals surface area contributed by atoms with E-state index in [2.05, 4.69) is 0 Å². The summed E-state index contributed by atoms with van der Waals surface area (Å²) in [4.78, 5) is 0. The molecule has 0 radical (unpaired) electrons. The number of halogens is 1. The Bertz CT molecular complexity index is 713. The molecular weight excluding hydrogens is 314 g/mol. The lowest BCUT2D eigenvalue weighted by molar-refractivity contribution is 0.402. The van der Waals surface area contributed by atoms with Gasteiger partial charge < -0.3 is 19.9 Å². The number of allylic oxidation sites excluding steroid dienone is 1. The van der Waals surface area contributed by atoms with Gasteiger partial charge in [-0.15, -0.1) is 0 Å². The maximum Gasteiger partial charge on any atom is 0.141 e. The zero-order chi connectivity index (χ0) is 16.8. The third kappa shape index (κ3) is 4.33. The van der Waals surface area contributed by atoms with Gasteiger partial charge in [0, 0.05) is 17.0 Å². The van der Waals surface area contributed by atoms with Crippen LogP contribution in [0.5, 0.6) is 17.2 Å². The van der Waals surface area contributed by atoms with E-state index in [0.29, 0.717) is 22.9 Å². The van der Waals surface area contributed by atoms with Crippen LogP contribution in [0.4, 0.5) is 5.69 Å². The average molecular weight is 334 g/mol. The van der Waals surface area contributed by atoms with Crippen LogP contribution in [0.3, 0.4) is 0 Å². The van der Waals surface area contributed by atoms with Crippen LogP contribution in [0.25, 0.3) is 6.08 Å². The second-order valence-corrected chi connectivity index (χ2v) is 5.44. The fourth-order valence-electron chi connectivity index (χ4n) is 2.26. The molecule has 4 nitrogen and oxygen atoms in total. The topological polar surface area (TPSA) is 53.7 Å². The fraction of sp³-hybridized carbons (Fsp3) is 0.222. The molecule has 0 aromatic heterocycles. The first-order valence-electron chi connectivity index (χ1n) is 7.08. The van der Waals surface area contributed by atoms with Crippen molar-refractivity contribution >= 4 is 23.4 Å². The molecule has 0 bridgehead atoms. The zero-order valence-corrected chi connectivity index (χ0v) is 14.2. The molecule has 0 atom stereocenters. The molecule has 2 N–H and O–H groups in total. The minimum absolute atomic E-state index is 0.566. The van der Waals surface area contributed by atoms with Crippen molar-refractivity contribution in [3.63, 3.8) is 0 Å². The summed E-state index contributed by atoms with van der Waals surface area (Å²) in [5, 5.41) is 0.668. The van der Waals surface area contributed by atoms with Gasteiger partial charge in [-0.25, -0.2) is 0 Å². The summed E-state index contributed by atoms with van der Waals surface area (Å²) < 4.78 is 15.7. The highest BCUT2D eigenvalue weighted by atomic mass is 35.5. The van der Waals surface area contributed by atoms with Crippen molar-refractivity contribution in [3.05, 3.63) is 52.6 Å². The molecule has 0 saturated heterocycles. The first-order valence-corrected chi connectivity index (χ1v) is 7.45. The summed E-state index contributed by atoms with van der Waals surface area (Å²) in [7, 11) is 4.83. The van der Waals surface area contributed by atoms with Gasteiger partial charge >= 0.3 is 0 Å². The van der Waals surface area contributed by atoms with Gasteiger partial charge in [0.2, 0.25) is 0 Å². The van der Waals surface area contributed by atoms with E-state index in [4.69, 9.17) is 31.5 Å². The van der Waals surface area contributed by atoms with E-state index < -0.39 is 0 Å². The molecule has 0 aliphatic heterocycles. The first-order chi connectivity index (χ1) is 11.1. The molecule has 0 saturated carbocycles. The van der Waals surface area contributed by atoms with Gasteiger partial charge in [0.1, 0.15) is 17.2 Å². The van der Waals surface area contributed by atoms with E-state index in [9.17, 15) is 0 Å². The van der Waals surface area contributed by atoms with Crippen molar-refractivity contribution in [1.82, 2.24) is 0 Å². The molecule has 0 fully saturated rings. The number of nitrogens with two attached hydrogens (primary N) is 1. The van der Waals surface area contributed by atoms with Gasteiger partial charge in [-0.2, -0.15) is 0 Å². The van der Waals surface area contributed by atoms with Crippen LogP contribution in [0.2, 0.25) is 0 Å². The summed E-state index contributed by atoms with van der Waals surface area (Å²) in [6.07, 6.45) is 2.43. The number of hydrogen-bond donors (Lipinski definition) is 1. The zero-order valence-electron chi connectivity index (χ0n) is 13.4. The largest absolute Gasteiger partial charge is 0.497 e. The summed E-state index contributed by atoms with van der Waals surface area (Å²) >= 11 is 6.39. The van der Waals surface area contributed by atoms with E-state index >= 15 is 0 Å². The fourth-order valence-corrected chi connectivity index (χ4v) is 2.53. The van der Waals surface area contributed by atoms with Crippen LogP contribution in [0, 0.1) is 0 Å². The summed E-state index contributed by atoms with van der Waals surface area (Å²) in [5.74, 6) is 2.14. The number of hydrogen-bond acceptors (Lipinski definition) is 4. The number of methoxy groups -OCH3 is 3. The Morgan fingerprint density at radius 1 is 1.00 bits per heavy atom. The summed E-state index contributed by atoms with van der Waals surface area (Å²) in [5.41, 5.74) is 8.38. The molecule has 0 amide bonds. The molecule has 5 heteroatoms. The Hall–Kier alpha value is -2.33. The lowest BCUT2D eigenvalue weighted by atomic mass is 10.1. The lowest BCUT2D eigenvalue weighted by Crippen LogP contribution is -1.95. The Kier molecular flexibility index (Phi) is 5.77. The predicted molar refractivity (Wildman–Crippen MR) is 94.5 cm³/mol. The highest BCUT2D eigenvalue weighted by Gasteiger charge is 2.06. The van der Waals surface area contributed by atoms with E-state index in [1.807, 2.05) is 42.5 Å². The minimum atomic E-state index is 0.566. The standard InChI is InChI=1S/C18H20ClNO3/c1-21-15-5-7-17(22-2)13(11-15)10-14(19)8-12-4-6-18(23-3)16(20)9-12/h4-7,9-11H,8,20H2,1-3H3/b14-10+. The highest BCUT2D eigenvalue weighted by Crippen LogP contribution is 2.29. The quantitative estimate of drug-likeness (QED) is 0.808. The number of anilines is 1. The third-order valence-electron chi connectivity index (χ3n) is 3.42. The minimum Gasteiger partial charge on any atom is -0.497 e. The molecule has 2 aromatic carbocycles. The van der Waals surface area contributed by atoms with E-state index in [1.165, 1.54) is 0 Å². The van der Waals surface area contributed by atoms with Crippen LogP contribution >= 0.6 is 11.6 Å². The Morgan fingerprint density at radius 2 is 1.70 bits per heavy atom. The normalized spacial score (nSPS) is 11.2. The monoisotopic (exact) mass is 333 g/mol. The molecule has 122 valence electrons. The molecule has 2 rings (SSSR count). The van der Waals surface area contributed by atoms with Gasteiger partial charge in [-0.3, -0.25) is 0 Å². The molecule has 0 unspecified atom stereocenters. The average Bonchev–Trinajstić information content (AvgIpc) is 2.54. The Balaban J connectivity index is 2.24. The Labute approximate surface area is 141 Å². The maximum absolute atomic E-state index is 6.39. The van der Waals surface area contributed by atoms with E-state index in [-0.39, 0.29) is 0 Å². The van der Waals surface area contributed by atoms with E-state index in [1.54, 1.807) is 21.3 Å². The molecule has 0 spiro atoms. The van der Waals surface area contributed by atoms with Crippen LogP contribution in [0.1, 0.15) is 11.1 Å². The molecule has 0 heterocycles. The van der Waals surface area contributed by atoms with Gasteiger partial charge in [-0.05, 0) is 42.0 Å². The third-order valence-corrected chi connectivity index (χ3v) is 3.66. The van der Waals surface area contributed by atoms with Gasteiger partial charge in [0.05, 0.1) is 27.0 Å². The maximum atomic E-state index is 6.39. The molecule has 0 aliphatic rings. The van der Waals surface area contributed by atoms with Crippen LogP contribution in [0.15, 0.2) is 41.4 Å². The molecular formula is C18H20ClNO3. The van der Waals surface area contributed by atoms with Gasteiger partial charge in [0.25, 0.3) is 0 Å². The molecule has 2 aromatic rings. The number of ether oxygens (including phenoxy) is 3. The van der Waals surface area contributed by atoms with Crippen molar-refractivity contribution in [2.24, 2.45) is 0 Å². The number of nitrogen functional groups attached to an aromatic ring is 1. The van der Waals surface area contributed by atoms with E-state index in [0.717, 1.165) is 22.6 Å². The second kappa shape index (κ2) is 7.79. The first kappa shape index (κ1) is 17.0. The van der Waals surface area contributed by atoms with Gasteiger partial charge in [0.15, 0.2) is 0 Å². The number of rotatable bonds is 6. The SMILES string of the molecule is COc1ccc(OC)c(/C=C(/Cl)Cc2ccc(OC)c(N)c2)c1. The van der Waals surface area contributed by atoms with Crippen LogP contribution < -0.4 is 19.9 Å². The summed E-state index contributed by atoms with van der Waals surface area (Å²) in [6, 6.07) is 11.2. The van der Waals surface area contributed by atoms with Crippen molar-refractivity contribution < 1.29 is 14.2 Å². The lowest BCUT2D eigenvalue weighted by Gasteiger charge is -2.09. The van der Waals surface area contributed by atoms with Crippen LogP contribution in [-0.4, -0.2) is 21.3 Å². The van der Waals surface area contributed by atoms with Crippen molar-refractivity contribution in [2.75, 3.05) is 27.1 Å². The van der Waals surface area contributed by atoms with Crippen molar-refractivity contribution in [3.8, 4) is 17.2 Å². The van der Waals surface area contributed by atoms with Crippen molar-refractivity contribution in [1.29, 1.82) is 0 Å².